The lowest BCUT2D eigenvalue weighted by Gasteiger charge is -2.22. The van der Waals surface area contributed by atoms with E-state index < -0.39 is 26.9 Å². The first kappa shape index (κ1) is 23.3. The Kier molecular flexibility index (Phi) is 6.73. The average Bonchev–Trinajstić information content (AvgIpc) is 3.22. The van der Waals surface area contributed by atoms with Crippen LogP contribution in [0.15, 0.2) is 76.3 Å². The predicted molar refractivity (Wildman–Crippen MR) is 130 cm³/mol. The quantitative estimate of drug-likeness (QED) is 0.402. The fourth-order valence-electron chi connectivity index (χ4n) is 3.57. The van der Waals surface area contributed by atoms with Crippen LogP contribution in [0.4, 0.5) is 0 Å². The van der Waals surface area contributed by atoms with E-state index in [4.69, 9.17) is 4.52 Å². The Morgan fingerprint density at radius 1 is 1.00 bits per heavy atom. The number of pyridine rings is 1. The van der Waals surface area contributed by atoms with Gasteiger partial charge < -0.3 is 4.52 Å². The first-order valence-corrected chi connectivity index (χ1v) is 13.6. The van der Waals surface area contributed by atoms with Crippen molar-refractivity contribution in [3.8, 4) is 11.3 Å². The molecule has 0 aliphatic heterocycles. The van der Waals surface area contributed by atoms with E-state index in [-0.39, 0.29) is 10.3 Å². The van der Waals surface area contributed by atoms with Gasteiger partial charge in [-0.2, -0.15) is 0 Å². The lowest BCUT2D eigenvalue weighted by Crippen LogP contribution is -2.30. The molecule has 0 unspecified atom stereocenters. The summed E-state index contributed by atoms with van der Waals surface area (Å²) in [4.78, 5) is 4.34. The van der Waals surface area contributed by atoms with E-state index >= 15 is 0 Å². The van der Waals surface area contributed by atoms with Crippen molar-refractivity contribution in [2.24, 2.45) is 0 Å². The molecule has 2 aromatic heterocycles. The van der Waals surface area contributed by atoms with Gasteiger partial charge in [0.2, 0.25) is 0 Å². The van der Waals surface area contributed by atoms with Crippen LogP contribution in [0.2, 0.25) is 0 Å². The zero-order valence-electron chi connectivity index (χ0n) is 18.6. The minimum absolute atomic E-state index is 0.0134. The van der Waals surface area contributed by atoms with Gasteiger partial charge in [-0.15, -0.1) is 0 Å². The molecule has 0 saturated heterocycles. The van der Waals surface area contributed by atoms with Crippen molar-refractivity contribution in [1.29, 1.82) is 0 Å². The van der Waals surface area contributed by atoms with Gasteiger partial charge >= 0.3 is 0 Å². The van der Waals surface area contributed by atoms with Crippen LogP contribution >= 0.6 is 0 Å². The lowest BCUT2D eigenvalue weighted by atomic mass is 9.94. The van der Waals surface area contributed by atoms with Gasteiger partial charge in [0, 0.05) is 34.6 Å². The average molecular weight is 484 g/mol. The van der Waals surface area contributed by atoms with Gasteiger partial charge in [-0.3, -0.25) is 0 Å². The molecule has 0 aliphatic rings. The van der Waals surface area contributed by atoms with Crippen LogP contribution in [0.3, 0.4) is 0 Å². The molecule has 0 bridgehead atoms. The number of aromatic nitrogens is 2. The summed E-state index contributed by atoms with van der Waals surface area (Å²) < 4.78 is 45.5. The van der Waals surface area contributed by atoms with Crippen LogP contribution in [-0.4, -0.2) is 34.3 Å². The zero-order chi connectivity index (χ0) is 23.6. The maximum Gasteiger partial charge on any atom is 0.192 e. The zero-order valence-corrected chi connectivity index (χ0v) is 20.2. The second kappa shape index (κ2) is 9.54. The van der Waals surface area contributed by atoms with Crippen LogP contribution in [0, 0.1) is 0 Å². The van der Waals surface area contributed by atoms with E-state index in [0.717, 1.165) is 22.8 Å². The van der Waals surface area contributed by atoms with E-state index in [9.17, 15) is 12.6 Å². The Bertz CT molecular complexity index is 1410. The van der Waals surface area contributed by atoms with Gasteiger partial charge in [-0.05, 0) is 43.7 Å². The highest BCUT2D eigenvalue weighted by Gasteiger charge is 2.23. The smallest absolute Gasteiger partial charge is 0.192 e. The number of benzene rings is 2. The molecule has 4 aromatic rings. The molecule has 33 heavy (non-hydrogen) atoms. The van der Waals surface area contributed by atoms with Gasteiger partial charge in [0.15, 0.2) is 20.4 Å². The molecule has 9 heteroatoms. The minimum atomic E-state index is -3.44. The highest BCUT2D eigenvalue weighted by molar-refractivity contribution is 7.90. The third-order valence-corrected chi connectivity index (χ3v) is 7.59. The van der Waals surface area contributed by atoms with Crippen LogP contribution < -0.4 is 4.72 Å². The number of hydrogen-bond donors (Lipinski definition) is 1. The van der Waals surface area contributed by atoms with E-state index in [2.05, 4.69) is 14.9 Å². The Morgan fingerprint density at radius 2 is 1.73 bits per heavy atom. The molecular weight excluding hydrogens is 458 g/mol. The van der Waals surface area contributed by atoms with Crippen molar-refractivity contribution in [2.45, 2.75) is 36.6 Å². The third-order valence-electron chi connectivity index (χ3n) is 5.23. The van der Waals surface area contributed by atoms with Gasteiger partial charge in [0.25, 0.3) is 0 Å². The van der Waals surface area contributed by atoms with Crippen LogP contribution in [-0.2, 0) is 27.2 Å². The van der Waals surface area contributed by atoms with E-state index in [0.29, 0.717) is 23.4 Å². The van der Waals surface area contributed by atoms with Crippen molar-refractivity contribution in [2.75, 3.05) is 6.26 Å². The number of fused-ring (bicyclic) bond motifs is 1. The molecule has 0 radical (unpaired) electrons. The standard InChI is InChI=1S/C24H25N3O4S2/c1-16(2)32(28)27-21(15-17-9-8-14-23(25-17)33(3,29)30)18-10-4-5-11-19(18)24-20-12-6-7-13-22(20)31-26-24/h4-14,16,21,27H,15H2,1-3H3/t21-,32-/m0/s1. The van der Waals surface area contributed by atoms with Crippen LogP contribution in [0.1, 0.15) is 31.1 Å². The summed E-state index contributed by atoms with van der Waals surface area (Å²) in [5, 5.41) is 5.09. The molecule has 0 aliphatic carbocycles. The molecule has 1 N–H and O–H groups in total. The molecule has 172 valence electrons. The van der Waals surface area contributed by atoms with Gasteiger partial charge in [0.1, 0.15) is 5.69 Å². The number of sulfone groups is 1. The topological polar surface area (TPSA) is 102 Å². The van der Waals surface area contributed by atoms with E-state index in [1.54, 1.807) is 12.1 Å². The fourth-order valence-corrected chi connectivity index (χ4v) is 4.95. The number of para-hydroxylation sites is 1. The number of nitrogens with zero attached hydrogens (tertiary/aromatic N) is 2. The third kappa shape index (κ3) is 5.21. The molecule has 2 heterocycles. The summed E-state index contributed by atoms with van der Waals surface area (Å²) in [6.45, 7) is 3.75. The van der Waals surface area contributed by atoms with Crippen LogP contribution in [0.5, 0.6) is 0 Å². The number of rotatable bonds is 8. The summed E-state index contributed by atoms with van der Waals surface area (Å²) in [6.07, 6.45) is 1.47. The Labute approximate surface area is 195 Å². The molecule has 0 fully saturated rings. The van der Waals surface area contributed by atoms with Crippen molar-refractivity contribution in [1.82, 2.24) is 14.9 Å². The lowest BCUT2D eigenvalue weighted by molar-refractivity contribution is 0.459. The molecule has 0 spiro atoms. The first-order valence-electron chi connectivity index (χ1n) is 10.5. The Morgan fingerprint density at radius 3 is 2.48 bits per heavy atom. The van der Waals surface area contributed by atoms with Crippen molar-refractivity contribution in [3.05, 3.63) is 78.0 Å². The Hall–Kier alpha value is -2.88. The normalized spacial score (nSPS) is 13.9. The minimum Gasteiger partial charge on any atom is -0.356 e. The second-order valence-electron chi connectivity index (χ2n) is 8.07. The fraction of sp³-hybridized carbons (Fsp3) is 0.250. The van der Waals surface area contributed by atoms with Crippen molar-refractivity contribution >= 4 is 31.8 Å². The van der Waals surface area contributed by atoms with Gasteiger partial charge in [-0.25, -0.2) is 22.3 Å². The second-order valence-corrected chi connectivity index (χ2v) is 11.8. The summed E-state index contributed by atoms with van der Waals surface area (Å²) in [5.74, 6) is 0. The number of nitrogens with one attached hydrogen (secondary N) is 1. The monoisotopic (exact) mass is 483 g/mol. The summed E-state index contributed by atoms with van der Waals surface area (Å²) >= 11 is 0. The molecular formula is C24H25N3O4S2. The summed E-state index contributed by atoms with van der Waals surface area (Å²) in [7, 11) is -4.76. The SMILES string of the molecule is CC(C)[S@](=O)N[C@@H](Cc1cccc(S(C)(=O)=O)n1)c1ccccc1-c1noc2ccccc12. The van der Waals surface area contributed by atoms with Gasteiger partial charge in [-0.1, -0.05) is 47.6 Å². The highest BCUT2D eigenvalue weighted by Crippen LogP contribution is 2.34. The predicted octanol–water partition coefficient (Wildman–Crippen LogP) is 4.24. The summed E-state index contributed by atoms with van der Waals surface area (Å²) in [5.41, 5.74) is 3.68. The van der Waals surface area contributed by atoms with E-state index in [1.165, 1.54) is 6.07 Å². The van der Waals surface area contributed by atoms with Gasteiger partial charge in [0.05, 0.1) is 17.0 Å². The maximum absolute atomic E-state index is 12.8. The van der Waals surface area contributed by atoms with E-state index in [1.807, 2.05) is 62.4 Å². The first-order chi connectivity index (χ1) is 15.7. The molecule has 2 atom stereocenters. The molecule has 2 aromatic carbocycles. The van der Waals surface area contributed by atoms with Crippen molar-refractivity contribution in [3.63, 3.8) is 0 Å². The summed E-state index contributed by atoms with van der Waals surface area (Å²) in [6, 6.07) is 19.9. The maximum atomic E-state index is 12.8. The largest absolute Gasteiger partial charge is 0.356 e. The molecule has 0 saturated carbocycles. The number of hydrogen-bond acceptors (Lipinski definition) is 6. The van der Waals surface area contributed by atoms with Crippen LogP contribution in [0.25, 0.3) is 22.2 Å². The molecule has 4 rings (SSSR count). The molecule has 7 nitrogen and oxygen atoms in total. The highest BCUT2D eigenvalue weighted by atomic mass is 32.2. The molecule has 0 amide bonds. The van der Waals surface area contributed by atoms with Crippen molar-refractivity contribution < 1.29 is 17.1 Å². The Balaban J connectivity index is 1.80.